The van der Waals surface area contributed by atoms with Crippen LogP contribution in [0.25, 0.3) is 10.8 Å². The van der Waals surface area contributed by atoms with E-state index in [2.05, 4.69) is 17.4 Å². The molecule has 10 nitrogen and oxygen atoms in total. The van der Waals surface area contributed by atoms with Crippen LogP contribution in [0.5, 0.6) is 17.2 Å². The standard InChI is InChI=1S/C37H36N4O6/c1-43-24-46-32-18-33(35(34(19-32)47-25-44-2)37(42)40-22-28-11-7-8-12-29(28)23-40)39-36-30(17-26-9-5-4-6-10-26)20-38-41(36)21-27-13-15-31(45-3)16-14-27/h4-16,18-20,22-23,39H,17,21,24-25H2,1-3H3. The molecule has 2 aromatic heterocycles. The van der Waals surface area contributed by atoms with Gasteiger partial charge in [0.2, 0.25) is 0 Å². The quantitative estimate of drug-likeness (QED) is 0.130. The molecule has 6 aromatic rings. The summed E-state index contributed by atoms with van der Waals surface area (Å²) in [6.07, 6.45) is 6.09. The fourth-order valence-electron chi connectivity index (χ4n) is 5.35. The second-order valence-electron chi connectivity index (χ2n) is 10.9. The monoisotopic (exact) mass is 632 g/mol. The second kappa shape index (κ2) is 14.7. The van der Waals surface area contributed by atoms with Gasteiger partial charge in [-0.2, -0.15) is 5.10 Å². The molecule has 10 heteroatoms. The summed E-state index contributed by atoms with van der Waals surface area (Å²) in [6.45, 7) is 0.407. The minimum Gasteiger partial charge on any atom is -0.497 e. The summed E-state index contributed by atoms with van der Waals surface area (Å²) in [5.74, 6) is 1.93. The number of nitrogens with zero attached hydrogens (tertiary/aromatic N) is 3. The van der Waals surface area contributed by atoms with E-state index >= 15 is 0 Å². The first-order valence-corrected chi connectivity index (χ1v) is 15.1. The van der Waals surface area contributed by atoms with E-state index in [1.54, 1.807) is 30.9 Å². The topological polar surface area (TPSA) is 98.0 Å². The fourth-order valence-corrected chi connectivity index (χ4v) is 5.35. The van der Waals surface area contributed by atoms with Crippen LogP contribution in [0.15, 0.2) is 110 Å². The molecule has 0 spiro atoms. The number of carbonyl (C=O) groups excluding carboxylic acids is 1. The zero-order valence-corrected chi connectivity index (χ0v) is 26.5. The third-order valence-electron chi connectivity index (χ3n) is 7.65. The molecule has 0 unspecified atom stereocenters. The number of anilines is 2. The third-order valence-corrected chi connectivity index (χ3v) is 7.65. The Hall–Kier alpha value is -5.58. The molecule has 6 rings (SSSR count). The van der Waals surface area contributed by atoms with Gasteiger partial charge in [0.25, 0.3) is 5.91 Å². The molecule has 0 amide bonds. The van der Waals surface area contributed by atoms with Crippen LogP contribution in [-0.4, -0.2) is 55.2 Å². The number of benzene rings is 4. The maximum atomic E-state index is 14.4. The van der Waals surface area contributed by atoms with Crippen LogP contribution in [0.2, 0.25) is 0 Å². The molecular formula is C37H36N4O6. The predicted octanol–water partition coefficient (Wildman–Crippen LogP) is 6.88. The van der Waals surface area contributed by atoms with E-state index in [0.29, 0.717) is 30.0 Å². The summed E-state index contributed by atoms with van der Waals surface area (Å²) in [7, 11) is 4.71. The molecule has 0 aliphatic heterocycles. The molecule has 0 radical (unpaired) electrons. The van der Waals surface area contributed by atoms with E-state index in [4.69, 9.17) is 28.8 Å². The number of rotatable bonds is 14. The second-order valence-corrected chi connectivity index (χ2v) is 10.9. The van der Waals surface area contributed by atoms with Gasteiger partial charge in [0, 0.05) is 50.7 Å². The summed E-state index contributed by atoms with van der Waals surface area (Å²) in [5, 5.41) is 10.2. The Balaban J connectivity index is 1.47. The third kappa shape index (κ3) is 7.30. The average molecular weight is 633 g/mol. The van der Waals surface area contributed by atoms with Crippen molar-refractivity contribution in [1.82, 2.24) is 14.3 Å². The number of hydrogen-bond donors (Lipinski definition) is 1. The van der Waals surface area contributed by atoms with Gasteiger partial charge in [-0.1, -0.05) is 66.7 Å². The van der Waals surface area contributed by atoms with Crippen LogP contribution in [0.4, 0.5) is 11.5 Å². The first-order valence-electron chi connectivity index (χ1n) is 15.1. The molecule has 0 aliphatic rings. The Labute approximate surface area is 273 Å². The van der Waals surface area contributed by atoms with Gasteiger partial charge in [0.05, 0.1) is 25.5 Å². The Bertz CT molecular complexity index is 1920. The summed E-state index contributed by atoms with van der Waals surface area (Å²) in [5.41, 5.74) is 3.86. The van der Waals surface area contributed by atoms with Gasteiger partial charge in [-0.25, -0.2) is 4.68 Å². The van der Waals surface area contributed by atoms with Crippen molar-refractivity contribution in [1.29, 1.82) is 0 Å². The molecular weight excluding hydrogens is 596 g/mol. The number of hydrogen-bond acceptors (Lipinski definition) is 8. The highest BCUT2D eigenvalue weighted by Gasteiger charge is 2.24. The molecule has 2 heterocycles. The van der Waals surface area contributed by atoms with E-state index in [1.807, 2.05) is 90.0 Å². The summed E-state index contributed by atoms with van der Waals surface area (Å²) in [6, 6.07) is 29.3. The molecule has 47 heavy (non-hydrogen) atoms. The van der Waals surface area contributed by atoms with Crippen LogP contribution in [-0.2, 0) is 22.4 Å². The van der Waals surface area contributed by atoms with Gasteiger partial charge < -0.3 is 29.0 Å². The highest BCUT2D eigenvalue weighted by atomic mass is 16.7. The fraction of sp³-hybridized carbons (Fsp3) is 0.189. The van der Waals surface area contributed by atoms with E-state index in [1.165, 1.54) is 7.11 Å². The van der Waals surface area contributed by atoms with Crippen LogP contribution in [0.1, 0.15) is 27.0 Å². The Morgan fingerprint density at radius 1 is 0.766 bits per heavy atom. The lowest BCUT2D eigenvalue weighted by atomic mass is 10.1. The largest absolute Gasteiger partial charge is 0.497 e. The summed E-state index contributed by atoms with van der Waals surface area (Å²) < 4.78 is 31.1. The summed E-state index contributed by atoms with van der Waals surface area (Å²) >= 11 is 0. The first kappa shape index (κ1) is 31.4. The number of fused-ring (bicyclic) bond motifs is 1. The number of methoxy groups -OCH3 is 3. The van der Waals surface area contributed by atoms with E-state index in [0.717, 1.165) is 39.0 Å². The smallest absolute Gasteiger partial charge is 0.267 e. The van der Waals surface area contributed by atoms with Crippen LogP contribution in [0, 0.1) is 0 Å². The van der Waals surface area contributed by atoms with E-state index < -0.39 is 0 Å². The van der Waals surface area contributed by atoms with Crippen molar-refractivity contribution in [3.05, 3.63) is 132 Å². The first-order chi connectivity index (χ1) is 23.1. The van der Waals surface area contributed by atoms with Crippen molar-refractivity contribution < 1.29 is 28.5 Å². The number of nitrogens with one attached hydrogen (secondary N) is 1. The van der Waals surface area contributed by atoms with Crippen molar-refractivity contribution >= 4 is 28.2 Å². The van der Waals surface area contributed by atoms with Crippen molar-refractivity contribution in [2.45, 2.75) is 13.0 Å². The number of carbonyl (C=O) groups is 1. The molecule has 0 saturated heterocycles. The van der Waals surface area contributed by atoms with Crippen molar-refractivity contribution in [3.63, 3.8) is 0 Å². The maximum absolute atomic E-state index is 14.4. The van der Waals surface area contributed by atoms with E-state index in [-0.39, 0.29) is 25.2 Å². The van der Waals surface area contributed by atoms with Gasteiger partial charge >= 0.3 is 0 Å². The lowest BCUT2D eigenvalue weighted by Gasteiger charge is -2.20. The Kier molecular flexibility index (Phi) is 9.81. The van der Waals surface area contributed by atoms with Crippen molar-refractivity contribution in [2.24, 2.45) is 0 Å². The predicted molar refractivity (Wildman–Crippen MR) is 180 cm³/mol. The molecule has 1 N–H and O–H groups in total. The average Bonchev–Trinajstić information content (AvgIpc) is 3.70. The minimum absolute atomic E-state index is 0.00804. The SMILES string of the molecule is COCOc1cc(Nc2c(Cc3ccccc3)cnn2Cc2ccc(OC)cc2)c(C(=O)n2cc3ccccc3c2)c(OCOC)c1. The van der Waals surface area contributed by atoms with Crippen molar-refractivity contribution in [3.8, 4) is 17.2 Å². The van der Waals surface area contributed by atoms with Crippen LogP contribution in [0.3, 0.4) is 0 Å². The molecule has 0 aliphatic carbocycles. The lowest BCUT2D eigenvalue weighted by molar-refractivity contribution is 0.0456. The zero-order valence-electron chi connectivity index (χ0n) is 26.5. The Morgan fingerprint density at radius 2 is 1.45 bits per heavy atom. The van der Waals surface area contributed by atoms with Gasteiger partial charge in [-0.15, -0.1) is 0 Å². The van der Waals surface area contributed by atoms with Crippen LogP contribution >= 0.6 is 0 Å². The van der Waals surface area contributed by atoms with Crippen LogP contribution < -0.4 is 19.5 Å². The molecule has 4 aromatic carbocycles. The highest BCUT2D eigenvalue weighted by Crippen LogP contribution is 2.37. The normalized spacial score (nSPS) is 11.0. The van der Waals surface area contributed by atoms with Gasteiger partial charge in [0.1, 0.15) is 28.6 Å². The molecule has 0 fully saturated rings. The van der Waals surface area contributed by atoms with Gasteiger partial charge in [0.15, 0.2) is 13.6 Å². The maximum Gasteiger partial charge on any atom is 0.267 e. The van der Waals surface area contributed by atoms with Gasteiger partial charge in [-0.3, -0.25) is 9.36 Å². The van der Waals surface area contributed by atoms with E-state index in [9.17, 15) is 4.79 Å². The number of ether oxygens (including phenoxy) is 5. The van der Waals surface area contributed by atoms with Gasteiger partial charge in [-0.05, 0) is 34.0 Å². The van der Waals surface area contributed by atoms with Crippen molar-refractivity contribution in [2.75, 3.05) is 40.2 Å². The molecule has 240 valence electrons. The molecule has 0 saturated carbocycles. The lowest BCUT2D eigenvalue weighted by Crippen LogP contribution is -2.17. The molecule has 0 atom stereocenters. The minimum atomic E-state index is -0.293. The summed E-state index contributed by atoms with van der Waals surface area (Å²) in [4.78, 5) is 14.4. The Morgan fingerprint density at radius 3 is 2.13 bits per heavy atom. The zero-order chi connectivity index (χ0) is 32.6. The molecule has 0 bridgehead atoms. The highest BCUT2D eigenvalue weighted by molar-refractivity contribution is 6.06. The number of aromatic nitrogens is 3.